The summed E-state index contributed by atoms with van der Waals surface area (Å²) in [6.07, 6.45) is 2.29. The third-order valence-corrected chi connectivity index (χ3v) is 5.34. The molecule has 0 spiro atoms. The van der Waals surface area contributed by atoms with Gasteiger partial charge in [-0.15, -0.1) is 0 Å². The van der Waals surface area contributed by atoms with E-state index in [1.807, 2.05) is 68.4 Å². The largest absolute Gasteiger partial charge is 0.354 e. The predicted octanol–water partition coefficient (Wildman–Crippen LogP) is 3.81. The fourth-order valence-electron chi connectivity index (χ4n) is 3.53. The molecule has 3 amide bonds. The smallest absolute Gasteiger partial charge is 0.240 e. The van der Waals surface area contributed by atoms with Crippen LogP contribution in [0.2, 0.25) is 0 Å². The molecule has 34 heavy (non-hydrogen) atoms. The minimum Gasteiger partial charge on any atom is -0.354 e. The monoisotopic (exact) mass is 458 g/mol. The lowest BCUT2D eigenvalue weighted by Crippen LogP contribution is -2.42. The number of nitrogens with zero attached hydrogens (tertiary/aromatic N) is 2. The molecule has 2 N–H and O–H groups in total. The zero-order chi connectivity index (χ0) is 24.3. The molecule has 3 rings (SSSR count). The number of amides is 3. The summed E-state index contributed by atoms with van der Waals surface area (Å²) in [5.41, 5.74) is 3.64. The van der Waals surface area contributed by atoms with Crippen molar-refractivity contribution in [3.8, 4) is 0 Å². The maximum atomic E-state index is 13.1. The number of hydrogen-bond donors (Lipinski definition) is 2. The van der Waals surface area contributed by atoms with Gasteiger partial charge in [-0.05, 0) is 55.2 Å². The predicted molar refractivity (Wildman–Crippen MR) is 134 cm³/mol. The molecule has 0 saturated carbocycles. The van der Waals surface area contributed by atoms with Crippen molar-refractivity contribution in [3.05, 3.63) is 89.6 Å². The van der Waals surface area contributed by atoms with E-state index in [0.29, 0.717) is 24.5 Å². The van der Waals surface area contributed by atoms with Crippen LogP contribution in [0.4, 0.5) is 11.5 Å². The standard InChI is InChI=1S/C27H30N4O3/c1-20-14-16-28-24(18-20)30-25(32)12-13-27(34)31(23-11-7-6-8-21(23)2)19-26(33)29-17-15-22-9-4-3-5-10-22/h3-11,14,16,18H,12-13,15,17,19H2,1-2H3,(H,29,33)(H,28,30,32). The summed E-state index contributed by atoms with van der Waals surface area (Å²) in [7, 11) is 0. The van der Waals surface area contributed by atoms with E-state index >= 15 is 0 Å². The average Bonchev–Trinajstić information content (AvgIpc) is 2.82. The Morgan fingerprint density at radius 2 is 1.62 bits per heavy atom. The van der Waals surface area contributed by atoms with Crippen LogP contribution in [0.15, 0.2) is 72.9 Å². The van der Waals surface area contributed by atoms with Crippen molar-refractivity contribution >= 4 is 29.2 Å². The van der Waals surface area contributed by atoms with Crippen molar-refractivity contribution in [2.45, 2.75) is 33.1 Å². The van der Waals surface area contributed by atoms with Crippen LogP contribution in [0.1, 0.15) is 29.5 Å². The molecule has 0 atom stereocenters. The number of nitrogens with one attached hydrogen (secondary N) is 2. The number of hydrogen-bond acceptors (Lipinski definition) is 4. The van der Waals surface area contributed by atoms with Crippen molar-refractivity contribution in [2.24, 2.45) is 0 Å². The van der Waals surface area contributed by atoms with Crippen LogP contribution >= 0.6 is 0 Å². The zero-order valence-corrected chi connectivity index (χ0v) is 19.6. The van der Waals surface area contributed by atoms with Gasteiger partial charge in [0.15, 0.2) is 0 Å². The Hall–Kier alpha value is -4.00. The van der Waals surface area contributed by atoms with Gasteiger partial charge in [-0.25, -0.2) is 4.98 Å². The topological polar surface area (TPSA) is 91.4 Å². The van der Waals surface area contributed by atoms with Crippen molar-refractivity contribution < 1.29 is 14.4 Å². The first-order valence-corrected chi connectivity index (χ1v) is 11.3. The summed E-state index contributed by atoms with van der Waals surface area (Å²) in [4.78, 5) is 43.7. The minimum atomic E-state index is -0.302. The molecule has 2 aromatic carbocycles. The summed E-state index contributed by atoms with van der Waals surface area (Å²) >= 11 is 0. The summed E-state index contributed by atoms with van der Waals surface area (Å²) in [6, 6.07) is 20.9. The zero-order valence-electron chi connectivity index (χ0n) is 19.6. The highest BCUT2D eigenvalue weighted by Gasteiger charge is 2.21. The number of aromatic nitrogens is 1. The van der Waals surface area contributed by atoms with Gasteiger partial charge in [0.1, 0.15) is 12.4 Å². The normalized spacial score (nSPS) is 10.4. The first-order chi connectivity index (χ1) is 16.4. The Bertz CT molecular complexity index is 1130. The Balaban J connectivity index is 1.59. The van der Waals surface area contributed by atoms with Crippen LogP contribution in [0.25, 0.3) is 0 Å². The first kappa shape index (κ1) is 24.6. The number of benzene rings is 2. The summed E-state index contributed by atoms with van der Waals surface area (Å²) < 4.78 is 0. The van der Waals surface area contributed by atoms with E-state index in [1.54, 1.807) is 18.3 Å². The van der Waals surface area contributed by atoms with Crippen LogP contribution in [0.3, 0.4) is 0 Å². The van der Waals surface area contributed by atoms with Gasteiger partial charge in [0, 0.05) is 31.3 Å². The second-order valence-electron chi connectivity index (χ2n) is 8.12. The number of carbonyl (C=O) groups is 3. The second kappa shape index (κ2) is 12.3. The van der Waals surface area contributed by atoms with E-state index in [2.05, 4.69) is 15.6 Å². The molecule has 0 saturated heterocycles. The van der Waals surface area contributed by atoms with Crippen LogP contribution in [-0.2, 0) is 20.8 Å². The molecule has 0 aliphatic rings. The summed E-state index contributed by atoms with van der Waals surface area (Å²) in [6.45, 7) is 4.16. The fourth-order valence-corrected chi connectivity index (χ4v) is 3.53. The Morgan fingerprint density at radius 3 is 2.35 bits per heavy atom. The van der Waals surface area contributed by atoms with E-state index in [9.17, 15) is 14.4 Å². The Kier molecular flexibility index (Phi) is 8.91. The quantitative estimate of drug-likeness (QED) is 0.483. The third-order valence-electron chi connectivity index (χ3n) is 5.34. The molecule has 176 valence electrons. The van der Waals surface area contributed by atoms with E-state index in [0.717, 1.165) is 16.7 Å². The lowest BCUT2D eigenvalue weighted by atomic mass is 10.1. The molecule has 0 bridgehead atoms. The first-order valence-electron chi connectivity index (χ1n) is 11.3. The Morgan fingerprint density at radius 1 is 0.882 bits per heavy atom. The summed E-state index contributed by atoms with van der Waals surface area (Å²) in [5.74, 6) is -0.393. The van der Waals surface area contributed by atoms with Crippen molar-refractivity contribution in [2.75, 3.05) is 23.3 Å². The van der Waals surface area contributed by atoms with Crippen molar-refractivity contribution in [1.82, 2.24) is 10.3 Å². The van der Waals surface area contributed by atoms with Gasteiger partial charge >= 0.3 is 0 Å². The average molecular weight is 459 g/mol. The number of pyridine rings is 1. The van der Waals surface area contributed by atoms with E-state index < -0.39 is 0 Å². The highest BCUT2D eigenvalue weighted by molar-refractivity contribution is 6.01. The molecular formula is C27H30N4O3. The SMILES string of the molecule is Cc1ccnc(NC(=O)CCC(=O)N(CC(=O)NCCc2ccccc2)c2ccccc2C)c1. The number of carbonyl (C=O) groups excluding carboxylic acids is 3. The van der Waals surface area contributed by atoms with Crippen LogP contribution in [-0.4, -0.2) is 35.8 Å². The van der Waals surface area contributed by atoms with Gasteiger partial charge < -0.3 is 15.5 Å². The number of anilines is 2. The number of rotatable bonds is 10. The minimum absolute atomic E-state index is 0.00748. The highest BCUT2D eigenvalue weighted by atomic mass is 16.2. The second-order valence-corrected chi connectivity index (χ2v) is 8.12. The highest BCUT2D eigenvalue weighted by Crippen LogP contribution is 2.20. The lowest BCUT2D eigenvalue weighted by molar-refractivity contribution is -0.125. The van der Waals surface area contributed by atoms with Crippen molar-refractivity contribution in [1.29, 1.82) is 0 Å². The molecular weight excluding hydrogens is 428 g/mol. The molecule has 1 heterocycles. The molecule has 3 aromatic rings. The maximum Gasteiger partial charge on any atom is 0.240 e. The third kappa shape index (κ3) is 7.55. The maximum absolute atomic E-state index is 13.1. The molecule has 1 aromatic heterocycles. The molecule has 7 nitrogen and oxygen atoms in total. The summed E-state index contributed by atoms with van der Waals surface area (Å²) in [5, 5.41) is 5.60. The van der Waals surface area contributed by atoms with Gasteiger partial charge in [0.05, 0.1) is 0 Å². The van der Waals surface area contributed by atoms with E-state index in [-0.39, 0.29) is 37.1 Å². The van der Waals surface area contributed by atoms with Gasteiger partial charge in [0.25, 0.3) is 0 Å². The van der Waals surface area contributed by atoms with Crippen molar-refractivity contribution in [3.63, 3.8) is 0 Å². The van der Waals surface area contributed by atoms with Crippen LogP contribution < -0.4 is 15.5 Å². The fraction of sp³-hybridized carbons (Fsp3) is 0.259. The van der Waals surface area contributed by atoms with Gasteiger partial charge in [-0.2, -0.15) is 0 Å². The lowest BCUT2D eigenvalue weighted by Gasteiger charge is -2.24. The van der Waals surface area contributed by atoms with Crippen LogP contribution in [0.5, 0.6) is 0 Å². The molecule has 0 aliphatic heterocycles. The van der Waals surface area contributed by atoms with Gasteiger partial charge in [-0.1, -0.05) is 48.5 Å². The molecule has 0 unspecified atom stereocenters. The Labute approximate surface area is 200 Å². The molecule has 0 aliphatic carbocycles. The van der Waals surface area contributed by atoms with Gasteiger partial charge in [-0.3, -0.25) is 14.4 Å². The van der Waals surface area contributed by atoms with E-state index in [4.69, 9.17) is 0 Å². The van der Waals surface area contributed by atoms with Gasteiger partial charge in [0.2, 0.25) is 17.7 Å². The molecule has 7 heteroatoms. The van der Waals surface area contributed by atoms with E-state index in [1.165, 1.54) is 4.90 Å². The molecule has 0 radical (unpaired) electrons. The van der Waals surface area contributed by atoms with Crippen LogP contribution in [0, 0.1) is 13.8 Å². The number of para-hydroxylation sites is 1. The number of aryl methyl sites for hydroxylation is 2. The molecule has 0 fully saturated rings.